The highest BCUT2D eigenvalue weighted by Gasteiger charge is 2.48. The van der Waals surface area contributed by atoms with E-state index in [2.05, 4.69) is 57.0 Å². The minimum absolute atomic E-state index is 0.0219. The smallest absolute Gasteiger partial charge is 0.0925 e. The average molecular weight is 354 g/mol. The molecule has 2 atom stereocenters. The van der Waals surface area contributed by atoms with Gasteiger partial charge in [-0.25, -0.2) is 4.98 Å². The lowest BCUT2D eigenvalue weighted by atomic mass is 9.82. The summed E-state index contributed by atoms with van der Waals surface area (Å²) in [5.74, 6) is 0. The second-order valence-electron chi connectivity index (χ2n) is 7.90. The first-order chi connectivity index (χ1) is 12.7. The zero-order valence-electron chi connectivity index (χ0n) is 15.7. The van der Waals surface area contributed by atoms with Gasteiger partial charge < -0.3 is 10.1 Å². The molecular weight excluding hydrogens is 324 g/mol. The third kappa shape index (κ3) is 3.43. The Hall–Kier alpha value is -1.69. The highest BCUT2D eigenvalue weighted by molar-refractivity contribution is 5.16. The zero-order valence-corrected chi connectivity index (χ0v) is 15.7. The molecule has 1 aromatic heterocycles. The molecule has 4 rings (SSSR count). The number of nitrogens with zero attached hydrogens (tertiary/aromatic N) is 3. The Balaban J connectivity index is 1.39. The van der Waals surface area contributed by atoms with Gasteiger partial charge in [-0.3, -0.25) is 9.80 Å². The van der Waals surface area contributed by atoms with Crippen molar-refractivity contribution in [3.63, 3.8) is 0 Å². The largest absolute Gasteiger partial charge is 0.390 e. The van der Waals surface area contributed by atoms with Crippen molar-refractivity contribution in [2.75, 3.05) is 26.2 Å². The minimum atomic E-state index is -0.284. The lowest BCUT2D eigenvalue weighted by Crippen LogP contribution is -2.61. The fraction of sp³-hybridized carbons (Fsp3) is 0.571. The number of benzene rings is 1. The van der Waals surface area contributed by atoms with Crippen LogP contribution in [0.1, 0.15) is 36.2 Å². The molecule has 0 saturated carbocycles. The van der Waals surface area contributed by atoms with Crippen molar-refractivity contribution in [2.24, 2.45) is 0 Å². The van der Waals surface area contributed by atoms with Gasteiger partial charge in [0.1, 0.15) is 0 Å². The second-order valence-corrected chi connectivity index (χ2v) is 7.90. The van der Waals surface area contributed by atoms with E-state index in [-0.39, 0.29) is 11.6 Å². The Morgan fingerprint density at radius 2 is 2.08 bits per heavy atom. The summed E-state index contributed by atoms with van der Waals surface area (Å²) in [5, 5.41) is 11.1. The van der Waals surface area contributed by atoms with Gasteiger partial charge in [0.05, 0.1) is 18.1 Å². The number of piperidine rings is 1. The Morgan fingerprint density at radius 3 is 2.81 bits per heavy atom. The molecule has 2 aliphatic heterocycles. The maximum Gasteiger partial charge on any atom is 0.0925 e. The number of rotatable bonds is 5. The fourth-order valence-electron chi connectivity index (χ4n) is 4.79. The Kier molecular flexibility index (Phi) is 5.11. The van der Waals surface area contributed by atoms with Crippen molar-refractivity contribution in [3.05, 3.63) is 53.6 Å². The highest BCUT2D eigenvalue weighted by atomic mass is 16.3. The van der Waals surface area contributed by atoms with Crippen molar-refractivity contribution in [3.8, 4) is 0 Å². The van der Waals surface area contributed by atoms with Crippen LogP contribution in [0, 0.1) is 6.92 Å². The molecule has 0 unspecified atom stereocenters. The van der Waals surface area contributed by atoms with Gasteiger partial charge >= 0.3 is 0 Å². The Labute approximate surface area is 156 Å². The molecule has 3 heterocycles. The van der Waals surface area contributed by atoms with Crippen LogP contribution in [-0.4, -0.2) is 62.7 Å². The number of nitrogens with one attached hydrogen (secondary N) is 1. The van der Waals surface area contributed by atoms with Crippen LogP contribution >= 0.6 is 0 Å². The third-order valence-corrected chi connectivity index (χ3v) is 6.40. The first-order valence-electron chi connectivity index (χ1n) is 9.86. The predicted octanol–water partition coefficient (Wildman–Crippen LogP) is 2.36. The van der Waals surface area contributed by atoms with E-state index < -0.39 is 0 Å². The van der Waals surface area contributed by atoms with E-state index in [9.17, 15) is 5.11 Å². The van der Waals surface area contributed by atoms with Crippen molar-refractivity contribution in [1.29, 1.82) is 0 Å². The van der Waals surface area contributed by atoms with Crippen LogP contribution in [0.15, 0.2) is 36.7 Å². The molecule has 0 radical (unpaired) electrons. The minimum Gasteiger partial charge on any atom is -0.390 e. The van der Waals surface area contributed by atoms with E-state index in [0.29, 0.717) is 0 Å². The van der Waals surface area contributed by atoms with Gasteiger partial charge in [-0.2, -0.15) is 0 Å². The second kappa shape index (κ2) is 7.51. The van der Waals surface area contributed by atoms with Crippen LogP contribution in [0.5, 0.6) is 0 Å². The molecule has 0 aliphatic carbocycles. The van der Waals surface area contributed by atoms with E-state index in [1.165, 1.54) is 12.0 Å². The van der Waals surface area contributed by atoms with Crippen molar-refractivity contribution in [1.82, 2.24) is 19.8 Å². The number of imidazole rings is 1. The van der Waals surface area contributed by atoms with Crippen LogP contribution in [0.3, 0.4) is 0 Å². The number of aliphatic hydroxyl groups is 1. The summed E-state index contributed by atoms with van der Waals surface area (Å²) in [7, 11) is 0. The normalized spacial score (nSPS) is 27.4. The maximum absolute atomic E-state index is 11.1. The van der Waals surface area contributed by atoms with Crippen LogP contribution in [0.25, 0.3) is 0 Å². The highest BCUT2D eigenvalue weighted by Crippen LogP contribution is 2.39. The van der Waals surface area contributed by atoms with Crippen molar-refractivity contribution >= 4 is 0 Å². The zero-order chi connectivity index (χ0) is 18.0. The standard InChI is InChI=1S/C21H30N4O/c1-17-19(23-16-22-17)14-24-13-10-21(20(26)15-24)9-5-11-25(21)12-8-18-6-3-2-4-7-18/h2-4,6-7,16,20,26H,5,8-15H2,1H3,(H,22,23)/t20-,21-/m0/s1. The molecule has 2 aromatic rings. The number of aryl methyl sites for hydroxylation is 1. The number of likely N-dealkylation sites (tertiary alicyclic amines) is 2. The van der Waals surface area contributed by atoms with Crippen molar-refractivity contribution in [2.45, 2.75) is 50.8 Å². The number of H-pyrrole nitrogens is 1. The van der Waals surface area contributed by atoms with E-state index in [1.54, 1.807) is 6.33 Å². The predicted molar refractivity (Wildman–Crippen MR) is 103 cm³/mol. The number of aromatic amines is 1. The van der Waals surface area contributed by atoms with E-state index in [1.807, 2.05) is 0 Å². The average Bonchev–Trinajstić information content (AvgIpc) is 3.25. The van der Waals surface area contributed by atoms with Crippen LogP contribution in [0.4, 0.5) is 0 Å². The Morgan fingerprint density at radius 1 is 1.23 bits per heavy atom. The monoisotopic (exact) mass is 354 g/mol. The number of hydrogen-bond acceptors (Lipinski definition) is 4. The quantitative estimate of drug-likeness (QED) is 0.865. The number of aliphatic hydroxyl groups excluding tert-OH is 1. The van der Waals surface area contributed by atoms with Crippen LogP contribution in [0.2, 0.25) is 0 Å². The molecular formula is C21H30N4O. The Bertz CT molecular complexity index is 716. The lowest BCUT2D eigenvalue weighted by Gasteiger charge is -2.48. The molecule has 2 aliphatic rings. The summed E-state index contributed by atoms with van der Waals surface area (Å²) in [6.07, 6.45) is 5.91. The molecule has 0 amide bonds. The summed E-state index contributed by atoms with van der Waals surface area (Å²) < 4.78 is 0. The van der Waals surface area contributed by atoms with Gasteiger partial charge in [-0.15, -0.1) is 0 Å². The molecule has 1 aromatic carbocycles. The molecule has 1 spiro atoms. The molecule has 2 N–H and O–H groups in total. The summed E-state index contributed by atoms with van der Waals surface area (Å²) in [4.78, 5) is 12.5. The van der Waals surface area contributed by atoms with E-state index in [4.69, 9.17) is 0 Å². The summed E-state index contributed by atoms with van der Waals surface area (Å²) in [6.45, 7) is 6.82. The maximum atomic E-state index is 11.1. The number of hydrogen-bond donors (Lipinski definition) is 2. The third-order valence-electron chi connectivity index (χ3n) is 6.40. The summed E-state index contributed by atoms with van der Waals surface area (Å²) >= 11 is 0. The molecule has 2 fully saturated rings. The van der Waals surface area contributed by atoms with E-state index in [0.717, 1.165) is 63.4 Å². The van der Waals surface area contributed by atoms with Crippen LogP contribution < -0.4 is 0 Å². The molecule has 0 bridgehead atoms. The van der Waals surface area contributed by atoms with Gasteiger partial charge in [-0.05, 0) is 44.7 Å². The molecule has 26 heavy (non-hydrogen) atoms. The lowest BCUT2D eigenvalue weighted by molar-refractivity contribution is -0.0651. The fourth-order valence-corrected chi connectivity index (χ4v) is 4.79. The van der Waals surface area contributed by atoms with Gasteiger partial charge in [0.15, 0.2) is 0 Å². The topological polar surface area (TPSA) is 55.4 Å². The number of β-amino-alcohol motifs (C(OH)–C–C–N with tert-alkyl or cyclic N) is 1. The van der Waals surface area contributed by atoms with Gasteiger partial charge in [0.25, 0.3) is 0 Å². The first-order valence-corrected chi connectivity index (χ1v) is 9.86. The summed E-state index contributed by atoms with van der Waals surface area (Å²) in [5.41, 5.74) is 3.59. The molecule has 2 saturated heterocycles. The molecule has 5 heteroatoms. The number of aromatic nitrogens is 2. The van der Waals surface area contributed by atoms with Crippen LogP contribution in [-0.2, 0) is 13.0 Å². The molecule has 140 valence electrons. The SMILES string of the molecule is Cc1[nH]cnc1CN1CC[C@@]2(CCCN2CCc2ccccc2)[C@@H](O)C1. The summed E-state index contributed by atoms with van der Waals surface area (Å²) in [6, 6.07) is 10.7. The molecule has 5 nitrogen and oxygen atoms in total. The van der Waals surface area contributed by atoms with Gasteiger partial charge in [0.2, 0.25) is 0 Å². The van der Waals surface area contributed by atoms with Crippen molar-refractivity contribution < 1.29 is 5.11 Å². The van der Waals surface area contributed by atoms with E-state index >= 15 is 0 Å². The first kappa shape index (κ1) is 17.7. The van der Waals surface area contributed by atoms with Gasteiger partial charge in [-0.1, -0.05) is 30.3 Å². The van der Waals surface area contributed by atoms with Gasteiger partial charge in [0, 0.05) is 37.4 Å².